The molecule has 0 unspecified atom stereocenters. The number of unbranched alkanes of at least 4 members (excludes halogenated alkanes) is 10. The highest BCUT2D eigenvalue weighted by Crippen LogP contribution is 2.18. The van der Waals surface area contributed by atoms with Gasteiger partial charge in [0.25, 0.3) is 0 Å². The lowest BCUT2D eigenvalue weighted by molar-refractivity contribution is -0.128. The molecule has 0 amide bonds. The number of hydrogen-bond donors (Lipinski definition) is 0. The predicted molar refractivity (Wildman–Crippen MR) is 142 cm³/mol. The molecule has 0 atom stereocenters. The minimum absolute atomic E-state index is 0.347. The summed E-state index contributed by atoms with van der Waals surface area (Å²) < 4.78 is 10.7. The Morgan fingerprint density at radius 3 is 1.86 bits per heavy atom. The highest BCUT2D eigenvalue weighted by Gasteiger charge is 2.10. The highest BCUT2D eigenvalue weighted by atomic mass is 16.5. The van der Waals surface area contributed by atoms with Gasteiger partial charge in [-0.1, -0.05) is 89.7 Å². The molecule has 0 N–H and O–H groups in total. The third-order valence-electron chi connectivity index (χ3n) is 5.85. The summed E-state index contributed by atoms with van der Waals surface area (Å²) in [5.74, 6) is 5.14. The van der Waals surface area contributed by atoms with Crippen LogP contribution < -0.4 is 9.47 Å². The molecule has 0 saturated heterocycles. The fourth-order valence-electron chi connectivity index (χ4n) is 3.74. The van der Waals surface area contributed by atoms with Gasteiger partial charge in [0.1, 0.15) is 11.5 Å². The van der Waals surface area contributed by atoms with E-state index >= 15 is 0 Å². The van der Waals surface area contributed by atoms with Gasteiger partial charge in [0, 0.05) is 12.3 Å². The van der Waals surface area contributed by atoms with E-state index in [4.69, 9.17) is 9.47 Å². The number of rotatable bonds is 15. The summed E-state index contributed by atoms with van der Waals surface area (Å²) in [5, 5.41) is 0. The number of carbonyl (C=O) groups is 2. The van der Waals surface area contributed by atoms with Crippen LogP contribution in [0, 0.1) is 11.8 Å². The first kappa shape index (κ1) is 28.2. The molecule has 0 aliphatic heterocycles. The van der Waals surface area contributed by atoms with E-state index in [-0.39, 0.29) is 0 Å². The van der Waals surface area contributed by atoms with Gasteiger partial charge in [0.05, 0.1) is 5.56 Å². The van der Waals surface area contributed by atoms with Crippen LogP contribution in [0.3, 0.4) is 0 Å². The Morgan fingerprint density at radius 2 is 1.20 bits per heavy atom. The molecule has 4 heteroatoms. The molecular weight excluding hydrogens is 436 g/mol. The van der Waals surface area contributed by atoms with Gasteiger partial charge >= 0.3 is 11.9 Å². The third-order valence-corrected chi connectivity index (χ3v) is 5.85. The second-order valence-corrected chi connectivity index (χ2v) is 8.93. The Labute approximate surface area is 211 Å². The Morgan fingerprint density at radius 1 is 0.657 bits per heavy atom. The smallest absolute Gasteiger partial charge is 0.389 e. The zero-order valence-corrected chi connectivity index (χ0v) is 21.4. The molecule has 0 spiro atoms. The zero-order valence-electron chi connectivity index (χ0n) is 21.4. The van der Waals surface area contributed by atoms with Crippen molar-refractivity contribution in [3.63, 3.8) is 0 Å². The van der Waals surface area contributed by atoms with E-state index in [1.165, 1.54) is 56.9 Å². The molecule has 188 valence electrons. The topological polar surface area (TPSA) is 52.6 Å². The Bertz CT molecular complexity index is 933. The zero-order chi connectivity index (χ0) is 25.1. The lowest BCUT2D eigenvalue weighted by atomic mass is 10.0. The van der Waals surface area contributed by atoms with E-state index in [1.54, 1.807) is 24.3 Å². The molecular formula is C31H40O4. The van der Waals surface area contributed by atoms with Gasteiger partial charge < -0.3 is 9.47 Å². The van der Waals surface area contributed by atoms with Crippen molar-refractivity contribution in [2.24, 2.45) is 0 Å². The summed E-state index contributed by atoms with van der Waals surface area (Å²) in [7, 11) is 0. The Kier molecular flexibility index (Phi) is 14.0. The van der Waals surface area contributed by atoms with Crippen LogP contribution >= 0.6 is 0 Å². The largest absolute Gasteiger partial charge is 0.423 e. The van der Waals surface area contributed by atoms with Crippen LogP contribution in [0.4, 0.5) is 0 Å². The fourth-order valence-corrected chi connectivity index (χ4v) is 3.74. The first-order chi connectivity index (χ1) is 17.1. The van der Waals surface area contributed by atoms with Crippen molar-refractivity contribution in [2.75, 3.05) is 0 Å². The van der Waals surface area contributed by atoms with Crippen LogP contribution in [0.15, 0.2) is 48.5 Å². The van der Waals surface area contributed by atoms with E-state index < -0.39 is 11.9 Å². The lowest BCUT2D eigenvalue weighted by Crippen LogP contribution is -2.09. The summed E-state index contributed by atoms with van der Waals surface area (Å²) in [5.41, 5.74) is 1.65. The van der Waals surface area contributed by atoms with Gasteiger partial charge in [0.15, 0.2) is 0 Å². The minimum atomic E-state index is -0.594. The fraction of sp³-hybridized carbons (Fsp3) is 0.484. The molecule has 35 heavy (non-hydrogen) atoms. The maximum absolute atomic E-state index is 12.4. The third kappa shape index (κ3) is 12.3. The van der Waals surface area contributed by atoms with Gasteiger partial charge in [0.2, 0.25) is 0 Å². The Balaban J connectivity index is 1.71. The van der Waals surface area contributed by atoms with Crippen LogP contribution in [-0.2, 0) is 11.2 Å². The SMILES string of the molecule is CCCCCC#CC(=O)Oc1ccc(C(=O)Oc2ccc(CCCCCCCCCC)cc2)cc1. The van der Waals surface area contributed by atoms with Gasteiger partial charge in [-0.2, -0.15) is 0 Å². The van der Waals surface area contributed by atoms with Crippen LogP contribution in [0.5, 0.6) is 11.5 Å². The summed E-state index contributed by atoms with van der Waals surface area (Å²) in [4.78, 5) is 24.2. The molecule has 0 bridgehead atoms. The summed E-state index contributed by atoms with van der Waals surface area (Å²) in [6.07, 6.45) is 15.4. The van der Waals surface area contributed by atoms with Crippen molar-refractivity contribution in [3.05, 3.63) is 59.7 Å². The second-order valence-electron chi connectivity index (χ2n) is 8.93. The maximum atomic E-state index is 12.4. The quantitative estimate of drug-likeness (QED) is 0.0857. The number of benzene rings is 2. The van der Waals surface area contributed by atoms with Crippen LogP contribution in [0.25, 0.3) is 0 Å². The van der Waals surface area contributed by atoms with E-state index in [0.29, 0.717) is 23.5 Å². The first-order valence-electron chi connectivity index (χ1n) is 13.2. The molecule has 2 aromatic carbocycles. The van der Waals surface area contributed by atoms with Crippen molar-refractivity contribution in [2.45, 2.75) is 97.3 Å². The highest BCUT2D eigenvalue weighted by molar-refractivity contribution is 5.92. The number of aryl methyl sites for hydroxylation is 1. The van der Waals surface area contributed by atoms with Crippen molar-refractivity contribution >= 4 is 11.9 Å². The normalized spacial score (nSPS) is 10.3. The van der Waals surface area contributed by atoms with Crippen LogP contribution in [-0.4, -0.2) is 11.9 Å². The average Bonchev–Trinajstić information content (AvgIpc) is 2.87. The van der Waals surface area contributed by atoms with E-state index in [2.05, 4.69) is 25.7 Å². The number of hydrogen-bond acceptors (Lipinski definition) is 4. The standard InChI is InChI=1S/C31H40O4/c1-3-5-7-9-10-11-13-14-16-26-18-22-29(23-19-26)35-31(33)27-20-24-28(25-21-27)34-30(32)17-15-12-8-6-4-2/h18-25H,3-14,16H2,1-2H3. The van der Waals surface area contributed by atoms with Crippen molar-refractivity contribution in [1.82, 2.24) is 0 Å². The Hall–Kier alpha value is -3.06. The van der Waals surface area contributed by atoms with E-state index in [9.17, 15) is 9.59 Å². The number of carbonyl (C=O) groups excluding carboxylic acids is 2. The maximum Gasteiger partial charge on any atom is 0.389 e. The summed E-state index contributed by atoms with van der Waals surface area (Å²) >= 11 is 0. The van der Waals surface area contributed by atoms with Crippen LogP contribution in [0.1, 0.15) is 107 Å². The predicted octanol–water partition coefficient (Wildman–Crippen LogP) is 8.08. The van der Waals surface area contributed by atoms with Gasteiger partial charge in [-0.25, -0.2) is 9.59 Å². The number of esters is 2. The average molecular weight is 477 g/mol. The molecule has 0 saturated carbocycles. The van der Waals surface area contributed by atoms with Gasteiger partial charge in [-0.05, 0) is 61.2 Å². The van der Waals surface area contributed by atoms with Crippen molar-refractivity contribution in [1.29, 1.82) is 0 Å². The van der Waals surface area contributed by atoms with Gasteiger partial charge in [-0.3, -0.25) is 0 Å². The second kappa shape index (κ2) is 17.4. The van der Waals surface area contributed by atoms with Gasteiger partial charge in [-0.15, -0.1) is 0 Å². The van der Waals surface area contributed by atoms with E-state index in [0.717, 1.165) is 25.7 Å². The summed E-state index contributed by atoms with van der Waals surface area (Å²) in [6.45, 7) is 4.37. The molecule has 0 aromatic heterocycles. The molecule has 4 nitrogen and oxygen atoms in total. The summed E-state index contributed by atoms with van der Waals surface area (Å²) in [6, 6.07) is 14.0. The lowest BCUT2D eigenvalue weighted by Gasteiger charge is -2.07. The molecule has 0 fully saturated rings. The van der Waals surface area contributed by atoms with Crippen molar-refractivity contribution < 1.29 is 19.1 Å². The van der Waals surface area contributed by atoms with E-state index in [1.807, 2.05) is 24.3 Å². The molecule has 0 heterocycles. The first-order valence-corrected chi connectivity index (χ1v) is 13.2. The monoisotopic (exact) mass is 476 g/mol. The molecule has 0 aliphatic carbocycles. The molecule has 0 radical (unpaired) electrons. The molecule has 2 aromatic rings. The number of ether oxygens (including phenoxy) is 2. The van der Waals surface area contributed by atoms with Crippen LogP contribution in [0.2, 0.25) is 0 Å². The minimum Gasteiger partial charge on any atom is -0.423 e. The molecule has 0 aliphatic rings. The molecule has 2 rings (SSSR count). The van der Waals surface area contributed by atoms with Crippen molar-refractivity contribution in [3.8, 4) is 23.3 Å².